The summed E-state index contributed by atoms with van der Waals surface area (Å²) in [6.07, 6.45) is 1.42. The summed E-state index contributed by atoms with van der Waals surface area (Å²) >= 11 is 3.15. The smallest absolute Gasteiger partial charge is 0.332 e. The fourth-order valence-corrected chi connectivity index (χ4v) is 6.46. The van der Waals surface area contributed by atoms with E-state index in [1.54, 1.807) is 23.5 Å². The van der Waals surface area contributed by atoms with Crippen LogP contribution in [0.3, 0.4) is 0 Å². The SMILES string of the molecule is COC(=O)C(CCc1cccc2ccccc12)(Sc1ccccc1)Sc1ccccc1. The molecule has 4 heteroatoms. The number of carbonyl (C=O) groups excluding carboxylic acids is 1. The van der Waals surface area contributed by atoms with Crippen molar-refractivity contribution in [2.45, 2.75) is 26.7 Å². The van der Waals surface area contributed by atoms with Crippen molar-refractivity contribution in [3.8, 4) is 0 Å². The van der Waals surface area contributed by atoms with Gasteiger partial charge in [-0.3, -0.25) is 0 Å². The van der Waals surface area contributed by atoms with Crippen LogP contribution in [0.5, 0.6) is 0 Å². The largest absolute Gasteiger partial charge is 0.467 e. The molecule has 4 rings (SSSR count). The van der Waals surface area contributed by atoms with Gasteiger partial charge in [0.2, 0.25) is 0 Å². The van der Waals surface area contributed by atoms with Gasteiger partial charge in [-0.1, -0.05) is 102 Å². The maximum atomic E-state index is 13.3. The number of aryl methyl sites for hydroxylation is 1. The lowest BCUT2D eigenvalue weighted by atomic mass is 10.00. The minimum absolute atomic E-state index is 0.213. The fourth-order valence-electron chi connectivity index (χ4n) is 3.63. The summed E-state index contributed by atoms with van der Waals surface area (Å²) in [4.78, 5) is 15.4. The van der Waals surface area contributed by atoms with Gasteiger partial charge >= 0.3 is 5.97 Å². The Morgan fingerprint density at radius 3 is 1.90 bits per heavy atom. The van der Waals surface area contributed by atoms with Crippen molar-refractivity contribution >= 4 is 40.3 Å². The summed E-state index contributed by atoms with van der Waals surface area (Å²) in [5.41, 5.74) is 1.24. The molecule has 0 fully saturated rings. The molecule has 0 unspecified atom stereocenters. The first kappa shape index (κ1) is 21.5. The minimum atomic E-state index is -0.797. The van der Waals surface area contributed by atoms with Crippen molar-refractivity contribution in [3.05, 3.63) is 109 Å². The van der Waals surface area contributed by atoms with Crippen LogP contribution in [0.4, 0.5) is 0 Å². The van der Waals surface area contributed by atoms with Crippen LogP contribution in [0.15, 0.2) is 113 Å². The number of rotatable bonds is 8. The third-order valence-electron chi connectivity index (χ3n) is 5.15. The van der Waals surface area contributed by atoms with Crippen molar-refractivity contribution in [2.24, 2.45) is 0 Å². The van der Waals surface area contributed by atoms with Crippen LogP contribution in [-0.4, -0.2) is 17.2 Å². The quantitative estimate of drug-likeness (QED) is 0.163. The molecular formula is C27H24O2S2. The Balaban J connectivity index is 1.71. The van der Waals surface area contributed by atoms with E-state index >= 15 is 0 Å². The van der Waals surface area contributed by atoms with E-state index in [1.165, 1.54) is 23.4 Å². The summed E-state index contributed by atoms with van der Waals surface area (Å²) < 4.78 is 4.56. The molecule has 0 bridgehead atoms. The Morgan fingerprint density at radius 2 is 1.29 bits per heavy atom. The van der Waals surface area contributed by atoms with E-state index in [1.807, 2.05) is 60.7 Å². The summed E-state index contributed by atoms with van der Waals surface area (Å²) in [6, 6.07) is 35.0. The van der Waals surface area contributed by atoms with Crippen LogP contribution in [0, 0.1) is 0 Å². The molecule has 0 spiro atoms. The molecule has 0 aliphatic rings. The molecule has 0 aromatic heterocycles. The predicted octanol–water partition coefficient (Wildman–Crippen LogP) is 7.23. The number of ether oxygens (including phenoxy) is 1. The molecule has 4 aromatic carbocycles. The van der Waals surface area contributed by atoms with E-state index in [9.17, 15) is 4.79 Å². The van der Waals surface area contributed by atoms with Crippen molar-refractivity contribution in [2.75, 3.05) is 7.11 Å². The van der Waals surface area contributed by atoms with Crippen molar-refractivity contribution < 1.29 is 9.53 Å². The third-order valence-corrected chi connectivity index (χ3v) is 8.07. The first-order valence-electron chi connectivity index (χ1n) is 10.2. The van der Waals surface area contributed by atoms with Crippen molar-refractivity contribution in [1.29, 1.82) is 0 Å². The number of fused-ring (bicyclic) bond motifs is 1. The van der Waals surface area contributed by atoms with Crippen LogP contribution in [0.2, 0.25) is 0 Å². The van der Waals surface area contributed by atoms with Crippen LogP contribution < -0.4 is 0 Å². The molecule has 4 aromatic rings. The maximum Gasteiger partial charge on any atom is 0.332 e. The van der Waals surface area contributed by atoms with E-state index in [-0.39, 0.29) is 5.97 Å². The molecule has 0 aliphatic carbocycles. The molecule has 0 N–H and O–H groups in total. The molecule has 0 amide bonds. The second-order valence-electron chi connectivity index (χ2n) is 7.21. The zero-order chi connectivity index (χ0) is 21.5. The summed E-state index contributed by atoms with van der Waals surface area (Å²) in [7, 11) is 1.48. The molecule has 31 heavy (non-hydrogen) atoms. The van der Waals surface area contributed by atoms with Gasteiger partial charge < -0.3 is 4.74 Å². The van der Waals surface area contributed by atoms with Gasteiger partial charge in [0.1, 0.15) is 0 Å². The van der Waals surface area contributed by atoms with Gasteiger partial charge in [-0.25, -0.2) is 4.79 Å². The average molecular weight is 445 g/mol. The monoisotopic (exact) mass is 444 g/mol. The highest BCUT2D eigenvalue weighted by Crippen LogP contribution is 2.49. The highest BCUT2D eigenvalue weighted by molar-refractivity contribution is 8.19. The standard InChI is InChI=1S/C27H24O2S2/c1-29-26(28)27(30-23-14-4-2-5-15-23,31-24-16-6-3-7-17-24)20-19-22-13-10-12-21-11-8-9-18-25(21)22/h2-18H,19-20H2,1H3. The Labute approximate surface area is 192 Å². The van der Waals surface area contributed by atoms with Gasteiger partial charge in [-0.2, -0.15) is 0 Å². The predicted molar refractivity (Wildman–Crippen MR) is 132 cm³/mol. The van der Waals surface area contributed by atoms with E-state index in [2.05, 4.69) is 42.5 Å². The van der Waals surface area contributed by atoms with Crippen molar-refractivity contribution in [3.63, 3.8) is 0 Å². The van der Waals surface area contributed by atoms with Crippen LogP contribution in [0.1, 0.15) is 12.0 Å². The van der Waals surface area contributed by atoms with E-state index in [0.29, 0.717) is 6.42 Å². The molecule has 2 nitrogen and oxygen atoms in total. The second kappa shape index (κ2) is 10.1. The minimum Gasteiger partial charge on any atom is -0.467 e. The summed E-state index contributed by atoms with van der Waals surface area (Å²) in [5.74, 6) is -0.213. The lowest BCUT2D eigenvalue weighted by Crippen LogP contribution is -2.33. The number of benzene rings is 4. The van der Waals surface area contributed by atoms with Crippen LogP contribution >= 0.6 is 23.5 Å². The van der Waals surface area contributed by atoms with Gasteiger partial charge in [-0.15, -0.1) is 0 Å². The van der Waals surface area contributed by atoms with Gasteiger partial charge in [0.25, 0.3) is 0 Å². The number of esters is 1. The Bertz CT molecular complexity index is 1100. The number of hydrogen-bond donors (Lipinski definition) is 0. The van der Waals surface area contributed by atoms with E-state index in [4.69, 9.17) is 4.74 Å². The molecule has 0 saturated heterocycles. The molecular weight excluding hydrogens is 420 g/mol. The molecule has 0 saturated carbocycles. The Morgan fingerprint density at radius 1 is 0.742 bits per heavy atom. The normalized spacial score (nSPS) is 11.4. The fraction of sp³-hybridized carbons (Fsp3) is 0.148. The zero-order valence-electron chi connectivity index (χ0n) is 17.4. The van der Waals surface area contributed by atoms with E-state index < -0.39 is 4.08 Å². The summed E-state index contributed by atoms with van der Waals surface area (Å²) in [6.45, 7) is 0. The van der Waals surface area contributed by atoms with Gasteiger partial charge in [0.05, 0.1) is 7.11 Å². The Hall–Kier alpha value is -2.69. The molecule has 156 valence electrons. The molecule has 0 aliphatic heterocycles. The molecule has 0 atom stereocenters. The maximum absolute atomic E-state index is 13.3. The van der Waals surface area contributed by atoms with Crippen LogP contribution in [-0.2, 0) is 16.0 Å². The number of thioether (sulfide) groups is 2. The summed E-state index contributed by atoms with van der Waals surface area (Å²) in [5, 5.41) is 2.45. The molecule has 0 heterocycles. The lowest BCUT2D eigenvalue weighted by molar-refractivity contribution is -0.141. The number of carbonyl (C=O) groups is 1. The van der Waals surface area contributed by atoms with Gasteiger partial charge in [-0.05, 0) is 53.4 Å². The van der Waals surface area contributed by atoms with Crippen molar-refractivity contribution in [1.82, 2.24) is 0 Å². The highest BCUT2D eigenvalue weighted by atomic mass is 32.2. The zero-order valence-corrected chi connectivity index (χ0v) is 19.0. The topological polar surface area (TPSA) is 26.3 Å². The van der Waals surface area contributed by atoms with E-state index in [0.717, 1.165) is 16.2 Å². The first-order valence-corrected chi connectivity index (χ1v) is 11.9. The molecule has 0 radical (unpaired) electrons. The number of hydrogen-bond acceptors (Lipinski definition) is 4. The highest BCUT2D eigenvalue weighted by Gasteiger charge is 2.42. The third kappa shape index (κ3) is 5.15. The van der Waals surface area contributed by atoms with Crippen LogP contribution in [0.25, 0.3) is 10.8 Å². The number of methoxy groups -OCH3 is 1. The first-order chi connectivity index (χ1) is 15.2. The lowest BCUT2D eigenvalue weighted by Gasteiger charge is -2.30. The Kier molecular flexibility index (Phi) is 7.00. The van der Waals surface area contributed by atoms with Gasteiger partial charge in [0.15, 0.2) is 4.08 Å². The van der Waals surface area contributed by atoms with Gasteiger partial charge in [0, 0.05) is 9.79 Å². The average Bonchev–Trinajstić information content (AvgIpc) is 2.83. The second-order valence-corrected chi connectivity index (χ2v) is 10.2.